The molecule has 0 fully saturated rings. The van der Waals surface area contributed by atoms with Crippen molar-refractivity contribution in [1.82, 2.24) is 0 Å². The minimum Gasteiger partial charge on any atom is -0.219 e. The Labute approximate surface area is 192 Å². The van der Waals surface area contributed by atoms with E-state index >= 15 is 0 Å². The fourth-order valence-electron chi connectivity index (χ4n) is 4.45. The molecule has 0 bridgehead atoms. The molecule has 32 heavy (non-hydrogen) atoms. The highest BCUT2D eigenvalue weighted by Gasteiger charge is 2.33. The maximum absolute atomic E-state index is 13.7. The normalized spacial score (nSPS) is 13.1. The van der Waals surface area contributed by atoms with Crippen molar-refractivity contribution in [3.63, 3.8) is 0 Å². The molecule has 0 saturated heterocycles. The summed E-state index contributed by atoms with van der Waals surface area (Å²) in [4.78, 5) is 0.390. The highest BCUT2D eigenvalue weighted by molar-refractivity contribution is 7.91. The first-order valence-corrected chi connectivity index (χ1v) is 12.1. The molecular weight excluding hydrogens is 438 g/mol. The maximum atomic E-state index is 13.7. The van der Waals surface area contributed by atoms with E-state index in [1.54, 1.807) is 60.7 Å². The number of halogens is 1. The fourth-order valence-corrected chi connectivity index (χ4v) is 6.13. The summed E-state index contributed by atoms with van der Waals surface area (Å²) in [6, 6.07) is 29.3. The van der Waals surface area contributed by atoms with E-state index in [9.17, 15) is 13.7 Å². The van der Waals surface area contributed by atoms with E-state index in [0.29, 0.717) is 22.6 Å². The summed E-state index contributed by atoms with van der Waals surface area (Å²) in [6.07, 6.45) is 0.588. The molecule has 0 saturated carbocycles. The molecule has 4 aromatic carbocycles. The van der Waals surface area contributed by atoms with Crippen LogP contribution in [0.1, 0.15) is 28.2 Å². The van der Waals surface area contributed by atoms with Crippen molar-refractivity contribution in [3.05, 3.63) is 118 Å². The van der Waals surface area contributed by atoms with Crippen molar-refractivity contribution >= 4 is 21.4 Å². The number of sulfone groups is 1. The molecule has 1 unspecified atom stereocenters. The lowest BCUT2D eigenvalue weighted by Crippen LogP contribution is -2.12. The van der Waals surface area contributed by atoms with Crippen molar-refractivity contribution in [1.29, 1.82) is 5.26 Å². The van der Waals surface area contributed by atoms with Crippen LogP contribution in [0.25, 0.3) is 11.1 Å². The molecule has 0 spiro atoms. The van der Waals surface area contributed by atoms with Gasteiger partial charge in [0, 0.05) is 5.02 Å². The number of fused-ring (bicyclic) bond motifs is 3. The van der Waals surface area contributed by atoms with Crippen LogP contribution in [0.5, 0.6) is 0 Å². The second-order valence-electron chi connectivity index (χ2n) is 7.77. The van der Waals surface area contributed by atoms with E-state index < -0.39 is 15.8 Å². The topological polar surface area (TPSA) is 57.9 Å². The summed E-state index contributed by atoms with van der Waals surface area (Å²) in [6.45, 7) is 0. The molecule has 1 aliphatic rings. The molecule has 156 valence electrons. The second-order valence-corrected chi connectivity index (χ2v) is 10.1. The highest BCUT2D eigenvalue weighted by Crippen LogP contribution is 2.45. The second kappa shape index (κ2) is 7.94. The van der Waals surface area contributed by atoms with Crippen LogP contribution >= 0.6 is 11.6 Å². The molecule has 0 heterocycles. The van der Waals surface area contributed by atoms with Crippen molar-refractivity contribution in [2.45, 2.75) is 22.1 Å². The summed E-state index contributed by atoms with van der Waals surface area (Å²) >= 11 is 6.07. The fraction of sp³-hybridized carbons (Fsp3) is 0.0741. The maximum Gasteiger partial charge on any atom is 0.206 e. The molecule has 0 N–H and O–H groups in total. The van der Waals surface area contributed by atoms with Gasteiger partial charge in [-0.1, -0.05) is 72.3 Å². The number of hydrogen-bond donors (Lipinski definition) is 0. The molecule has 5 rings (SSSR count). The Kier molecular flexibility index (Phi) is 5.09. The summed E-state index contributed by atoms with van der Waals surface area (Å²) in [5.74, 6) is -0.745. The van der Waals surface area contributed by atoms with E-state index in [1.807, 2.05) is 30.3 Å². The highest BCUT2D eigenvalue weighted by atomic mass is 35.5. The van der Waals surface area contributed by atoms with Crippen LogP contribution in [-0.4, -0.2) is 8.42 Å². The van der Waals surface area contributed by atoms with Crippen LogP contribution < -0.4 is 0 Å². The molecule has 1 atom stereocenters. The zero-order valence-corrected chi connectivity index (χ0v) is 18.6. The Balaban J connectivity index is 1.80. The van der Waals surface area contributed by atoms with E-state index in [2.05, 4.69) is 6.07 Å². The van der Waals surface area contributed by atoms with E-state index in [-0.39, 0.29) is 9.79 Å². The van der Waals surface area contributed by atoms with Gasteiger partial charge in [0.1, 0.15) is 0 Å². The number of hydrogen-bond acceptors (Lipinski definition) is 3. The molecule has 0 aliphatic heterocycles. The van der Waals surface area contributed by atoms with Crippen LogP contribution in [0, 0.1) is 11.3 Å². The quantitative estimate of drug-likeness (QED) is 0.315. The largest absolute Gasteiger partial charge is 0.219 e. The van der Waals surface area contributed by atoms with Gasteiger partial charge in [0.2, 0.25) is 9.84 Å². The zero-order chi connectivity index (χ0) is 22.3. The van der Waals surface area contributed by atoms with E-state index in [1.165, 1.54) is 0 Å². The number of nitrogens with zero attached hydrogens (tertiary/aromatic N) is 1. The third-order valence-electron chi connectivity index (χ3n) is 5.96. The van der Waals surface area contributed by atoms with Gasteiger partial charge in [0.25, 0.3) is 0 Å². The van der Waals surface area contributed by atoms with Gasteiger partial charge in [-0.25, -0.2) is 8.42 Å². The van der Waals surface area contributed by atoms with Gasteiger partial charge in [-0.15, -0.1) is 0 Å². The first-order chi connectivity index (χ1) is 15.5. The van der Waals surface area contributed by atoms with Crippen molar-refractivity contribution in [2.75, 3.05) is 0 Å². The van der Waals surface area contributed by atoms with Crippen LogP contribution in [-0.2, 0) is 16.3 Å². The van der Waals surface area contributed by atoms with Gasteiger partial charge in [-0.05, 0) is 70.1 Å². The van der Waals surface area contributed by atoms with Gasteiger partial charge in [-0.2, -0.15) is 5.26 Å². The Hall–Kier alpha value is -3.39. The lowest BCUT2D eigenvalue weighted by molar-refractivity contribution is 0.594. The summed E-state index contributed by atoms with van der Waals surface area (Å²) in [7, 11) is -3.83. The summed E-state index contributed by atoms with van der Waals surface area (Å²) < 4.78 is 27.4. The Bertz CT molecular complexity index is 1470. The number of rotatable bonds is 4. The van der Waals surface area contributed by atoms with E-state index in [0.717, 1.165) is 22.3 Å². The van der Waals surface area contributed by atoms with Gasteiger partial charge in [-0.3, -0.25) is 0 Å². The minimum absolute atomic E-state index is 0.178. The van der Waals surface area contributed by atoms with Gasteiger partial charge in [0.05, 0.1) is 21.8 Å². The molecule has 1 aliphatic carbocycles. The van der Waals surface area contributed by atoms with Gasteiger partial charge >= 0.3 is 0 Å². The smallest absolute Gasteiger partial charge is 0.206 e. The monoisotopic (exact) mass is 455 g/mol. The van der Waals surface area contributed by atoms with Crippen molar-refractivity contribution in [2.24, 2.45) is 0 Å². The Morgan fingerprint density at radius 3 is 2.22 bits per heavy atom. The van der Waals surface area contributed by atoms with E-state index in [4.69, 9.17) is 11.6 Å². The van der Waals surface area contributed by atoms with Crippen molar-refractivity contribution in [3.8, 4) is 17.2 Å². The predicted molar refractivity (Wildman–Crippen MR) is 125 cm³/mol. The van der Waals surface area contributed by atoms with Crippen molar-refractivity contribution < 1.29 is 8.42 Å². The predicted octanol–water partition coefficient (Wildman–Crippen LogP) is 6.40. The first kappa shape index (κ1) is 20.5. The van der Waals surface area contributed by atoms with Gasteiger partial charge < -0.3 is 0 Å². The standard InChI is InChI=1S/C27H18ClNO2S/c28-20-12-10-18(11-13-20)25(17-29)27-24-16-19-6-4-5-9-22(19)23(24)14-15-26(27)32(30,31)21-7-2-1-3-8-21/h1-15,25H,16H2. The first-order valence-electron chi connectivity index (χ1n) is 10.2. The molecular formula is C27H18ClNO2S. The molecule has 0 amide bonds. The van der Waals surface area contributed by atoms with Crippen LogP contribution in [0.2, 0.25) is 5.02 Å². The molecule has 0 aromatic heterocycles. The average molecular weight is 456 g/mol. The molecule has 5 heteroatoms. The average Bonchev–Trinajstić information content (AvgIpc) is 3.20. The van der Waals surface area contributed by atoms with Crippen LogP contribution in [0.15, 0.2) is 101 Å². The third kappa shape index (κ3) is 3.31. The summed E-state index contributed by atoms with van der Waals surface area (Å²) in [5, 5.41) is 10.8. The SMILES string of the molecule is N#CC(c1ccc(Cl)cc1)c1c(S(=O)(=O)c2ccccc2)ccc2c1Cc1ccccc1-2. The summed E-state index contributed by atoms with van der Waals surface area (Å²) in [5.41, 5.74) is 5.35. The lowest BCUT2D eigenvalue weighted by atomic mass is 9.87. The number of benzene rings is 4. The van der Waals surface area contributed by atoms with Crippen LogP contribution in [0.3, 0.4) is 0 Å². The number of nitriles is 1. The zero-order valence-electron chi connectivity index (χ0n) is 17.0. The Morgan fingerprint density at radius 2 is 1.50 bits per heavy atom. The molecule has 4 aromatic rings. The lowest BCUT2D eigenvalue weighted by Gasteiger charge is -2.20. The Morgan fingerprint density at radius 1 is 0.812 bits per heavy atom. The molecule has 0 radical (unpaired) electrons. The van der Waals surface area contributed by atoms with Gasteiger partial charge in [0.15, 0.2) is 0 Å². The van der Waals surface area contributed by atoms with Crippen LogP contribution in [0.4, 0.5) is 0 Å². The third-order valence-corrected chi connectivity index (χ3v) is 8.04. The molecule has 3 nitrogen and oxygen atoms in total. The minimum atomic E-state index is -3.83.